The third kappa shape index (κ3) is 6.63. The van der Waals surface area contributed by atoms with Crippen molar-refractivity contribution in [2.24, 2.45) is 5.73 Å². The SMILES string of the molecule is C/C=C(/C)OC(N)CNC(=O)c1ccc(NC(=O)c2cc(-c3ccccc3Cl)nc3c(C)cc(C)cc23)cc1. The molecule has 0 spiro atoms. The van der Waals surface area contributed by atoms with E-state index >= 15 is 0 Å². The fraction of sp³-hybridized carbons (Fsp3) is 0.194. The van der Waals surface area contributed by atoms with E-state index in [-0.39, 0.29) is 18.4 Å². The molecular formula is C31H31ClN4O3. The van der Waals surface area contributed by atoms with Gasteiger partial charge in [-0.15, -0.1) is 0 Å². The van der Waals surface area contributed by atoms with Crippen LogP contribution in [0.3, 0.4) is 0 Å². The van der Waals surface area contributed by atoms with Gasteiger partial charge in [0.1, 0.15) is 0 Å². The highest BCUT2D eigenvalue weighted by Crippen LogP contribution is 2.32. The molecule has 8 heteroatoms. The summed E-state index contributed by atoms with van der Waals surface area (Å²) in [7, 11) is 0. The molecule has 4 N–H and O–H groups in total. The van der Waals surface area contributed by atoms with Crippen LogP contribution < -0.4 is 16.4 Å². The molecule has 7 nitrogen and oxygen atoms in total. The number of allylic oxidation sites excluding steroid dienone is 2. The first kappa shape index (κ1) is 27.8. The Morgan fingerprint density at radius 3 is 2.46 bits per heavy atom. The summed E-state index contributed by atoms with van der Waals surface area (Å²) in [5.41, 5.74) is 11.4. The molecule has 0 saturated carbocycles. The van der Waals surface area contributed by atoms with Crippen molar-refractivity contribution < 1.29 is 14.3 Å². The van der Waals surface area contributed by atoms with Gasteiger partial charge in [0.25, 0.3) is 11.8 Å². The number of nitrogens with one attached hydrogen (secondary N) is 2. The number of rotatable bonds is 8. The summed E-state index contributed by atoms with van der Waals surface area (Å²) >= 11 is 6.46. The molecule has 4 rings (SSSR count). The van der Waals surface area contributed by atoms with Gasteiger partial charge < -0.3 is 15.4 Å². The first-order chi connectivity index (χ1) is 18.7. The van der Waals surface area contributed by atoms with Crippen LogP contribution in [-0.2, 0) is 4.74 Å². The molecule has 1 aromatic heterocycles. The Morgan fingerprint density at radius 1 is 1.05 bits per heavy atom. The molecule has 0 radical (unpaired) electrons. The van der Waals surface area contributed by atoms with Crippen LogP contribution >= 0.6 is 11.6 Å². The Hall–Kier alpha value is -4.20. The van der Waals surface area contributed by atoms with Gasteiger partial charge in [-0.2, -0.15) is 0 Å². The van der Waals surface area contributed by atoms with Gasteiger partial charge in [0.05, 0.1) is 29.1 Å². The van der Waals surface area contributed by atoms with E-state index in [2.05, 4.69) is 10.6 Å². The van der Waals surface area contributed by atoms with Crippen LogP contribution in [0.25, 0.3) is 22.2 Å². The maximum atomic E-state index is 13.5. The fourth-order valence-electron chi connectivity index (χ4n) is 4.22. The average molecular weight is 543 g/mol. The summed E-state index contributed by atoms with van der Waals surface area (Å²) in [5.74, 6) is 0.101. The molecule has 0 aliphatic heterocycles. The number of aryl methyl sites for hydroxylation is 2. The topological polar surface area (TPSA) is 106 Å². The summed E-state index contributed by atoms with van der Waals surface area (Å²) < 4.78 is 5.44. The second-order valence-electron chi connectivity index (χ2n) is 9.31. The standard InChI is InChI=1S/C31H31ClN4O3/c1-5-20(4)39-28(33)17-34-30(37)21-10-12-22(13-11-21)35-31(38)25-16-27(23-8-6-7-9-26(23)32)36-29-19(3)14-18(2)15-24(25)29/h5-16,28H,17,33H2,1-4H3,(H,34,37)(H,35,38)/b20-5-. The largest absolute Gasteiger partial charge is 0.479 e. The van der Waals surface area contributed by atoms with Gasteiger partial charge in [-0.05, 0) is 81.8 Å². The predicted molar refractivity (Wildman–Crippen MR) is 157 cm³/mol. The number of aromatic nitrogens is 1. The average Bonchev–Trinajstić information content (AvgIpc) is 2.91. The smallest absolute Gasteiger partial charge is 0.256 e. The van der Waals surface area contributed by atoms with Gasteiger partial charge in [0, 0.05) is 27.2 Å². The van der Waals surface area contributed by atoms with E-state index in [0.717, 1.165) is 27.6 Å². The summed E-state index contributed by atoms with van der Waals surface area (Å²) in [6, 6.07) is 19.8. The fourth-order valence-corrected chi connectivity index (χ4v) is 4.46. The molecule has 2 amide bonds. The Kier molecular flexibility index (Phi) is 8.64. The quantitative estimate of drug-likeness (QED) is 0.177. The zero-order valence-electron chi connectivity index (χ0n) is 22.3. The number of nitrogens with two attached hydrogens (primary N) is 1. The third-order valence-electron chi connectivity index (χ3n) is 6.26. The lowest BCUT2D eigenvalue weighted by Crippen LogP contribution is -2.38. The van der Waals surface area contributed by atoms with E-state index in [1.54, 1.807) is 49.4 Å². The minimum atomic E-state index is -0.651. The zero-order valence-corrected chi connectivity index (χ0v) is 23.1. The highest BCUT2D eigenvalue weighted by atomic mass is 35.5. The molecule has 0 fully saturated rings. The van der Waals surface area contributed by atoms with Crippen molar-refractivity contribution >= 4 is 40.0 Å². The number of carbonyl (C=O) groups excluding carboxylic acids is 2. The molecule has 1 heterocycles. The number of ether oxygens (including phenoxy) is 1. The van der Waals surface area contributed by atoms with Gasteiger partial charge >= 0.3 is 0 Å². The van der Waals surface area contributed by atoms with Gasteiger partial charge in [-0.1, -0.05) is 41.4 Å². The number of carbonyl (C=O) groups is 2. The molecule has 0 saturated heterocycles. The number of halogens is 1. The molecule has 39 heavy (non-hydrogen) atoms. The highest BCUT2D eigenvalue weighted by molar-refractivity contribution is 6.33. The van der Waals surface area contributed by atoms with E-state index in [4.69, 9.17) is 27.1 Å². The summed E-state index contributed by atoms with van der Waals surface area (Å²) in [6.45, 7) is 7.76. The van der Waals surface area contributed by atoms with E-state index < -0.39 is 6.23 Å². The second kappa shape index (κ2) is 12.1. The third-order valence-corrected chi connectivity index (χ3v) is 6.58. The Labute approximate surface area is 233 Å². The van der Waals surface area contributed by atoms with Gasteiger partial charge in [0.2, 0.25) is 0 Å². The lowest BCUT2D eigenvalue weighted by molar-refractivity contribution is 0.0875. The number of hydrogen-bond donors (Lipinski definition) is 3. The minimum Gasteiger partial charge on any atom is -0.479 e. The van der Waals surface area contributed by atoms with Crippen molar-refractivity contribution in [3.63, 3.8) is 0 Å². The molecule has 200 valence electrons. The number of hydrogen-bond acceptors (Lipinski definition) is 5. The summed E-state index contributed by atoms with van der Waals surface area (Å²) in [6.07, 6.45) is 1.14. The Bertz CT molecular complexity index is 1560. The first-order valence-electron chi connectivity index (χ1n) is 12.6. The molecule has 0 bridgehead atoms. The van der Waals surface area contributed by atoms with Crippen molar-refractivity contribution in [1.29, 1.82) is 0 Å². The maximum absolute atomic E-state index is 13.5. The lowest BCUT2D eigenvalue weighted by Gasteiger charge is -2.15. The van der Waals surface area contributed by atoms with E-state index in [1.165, 1.54) is 0 Å². The van der Waals surface area contributed by atoms with E-state index in [0.29, 0.717) is 33.3 Å². The van der Waals surface area contributed by atoms with Crippen molar-refractivity contribution in [3.8, 4) is 11.3 Å². The molecule has 1 unspecified atom stereocenters. The normalized spacial score (nSPS) is 12.2. The highest BCUT2D eigenvalue weighted by Gasteiger charge is 2.17. The van der Waals surface area contributed by atoms with Crippen LogP contribution in [0.15, 0.2) is 78.6 Å². The van der Waals surface area contributed by atoms with E-state index in [1.807, 2.05) is 51.1 Å². The van der Waals surface area contributed by atoms with Crippen molar-refractivity contribution in [2.75, 3.05) is 11.9 Å². The number of amides is 2. The van der Waals surface area contributed by atoms with E-state index in [9.17, 15) is 9.59 Å². The molecule has 1 atom stereocenters. The second-order valence-corrected chi connectivity index (χ2v) is 9.72. The van der Waals surface area contributed by atoms with Crippen LogP contribution in [0.4, 0.5) is 5.69 Å². The summed E-state index contributed by atoms with van der Waals surface area (Å²) in [5, 5.41) is 7.01. The van der Waals surface area contributed by atoms with Crippen LogP contribution in [0.5, 0.6) is 0 Å². The monoisotopic (exact) mass is 542 g/mol. The number of fused-ring (bicyclic) bond motifs is 1. The molecule has 3 aromatic carbocycles. The first-order valence-corrected chi connectivity index (χ1v) is 13.0. The minimum absolute atomic E-state index is 0.157. The van der Waals surface area contributed by atoms with Crippen molar-refractivity contribution in [3.05, 3.63) is 106 Å². The molecule has 0 aliphatic carbocycles. The van der Waals surface area contributed by atoms with Crippen LogP contribution in [0.1, 0.15) is 45.7 Å². The zero-order chi connectivity index (χ0) is 28.1. The van der Waals surface area contributed by atoms with Gasteiger partial charge in [-0.25, -0.2) is 4.98 Å². The lowest BCUT2D eigenvalue weighted by atomic mass is 9.99. The van der Waals surface area contributed by atoms with Crippen LogP contribution in [-0.4, -0.2) is 29.6 Å². The molecular weight excluding hydrogens is 512 g/mol. The summed E-state index contributed by atoms with van der Waals surface area (Å²) in [4.78, 5) is 30.9. The predicted octanol–water partition coefficient (Wildman–Crippen LogP) is 6.38. The Morgan fingerprint density at radius 2 is 1.77 bits per heavy atom. The molecule has 0 aliphatic rings. The number of anilines is 1. The van der Waals surface area contributed by atoms with Crippen molar-refractivity contribution in [1.82, 2.24) is 10.3 Å². The number of pyridine rings is 1. The van der Waals surface area contributed by atoms with Gasteiger partial charge in [0.15, 0.2) is 6.23 Å². The van der Waals surface area contributed by atoms with Crippen LogP contribution in [0.2, 0.25) is 5.02 Å². The maximum Gasteiger partial charge on any atom is 0.256 e. The Balaban J connectivity index is 1.57. The van der Waals surface area contributed by atoms with Crippen molar-refractivity contribution in [2.45, 2.75) is 33.9 Å². The number of benzene rings is 3. The molecule has 4 aromatic rings. The van der Waals surface area contributed by atoms with Crippen LogP contribution in [0, 0.1) is 13.8 Å². The van der Waals surface area contributed by atoms with Gasteiger partial charge in [-0.3, -0.25) is 15.3 Å². The number of nitrogens with zero attached hydrogens (tertiary/aromatic N) is 1.